The minimum Gasteiger partial charge on any atom is -0.497 e. The van der Waals surface area contributed by atoms with Gasteiger partial charge in [0, 0.05) is 18.4 Å². The van der Waals surface area contributed by atoms with Gasteiger partial charge in [-0.15, -0.1) is 10.2 Å². The van der Waals surface area contributed by atoms with Crippen molar-refractivity contribution >= 4 is 11.0 Å². The molecule has 2 heterocycles. The number of fused-ring (bicyclic) bond motifs is 1. The summed E-state index contributed by atoms with van der Waals surface area (Å²) in [7, 11) is -1.58. The van der Waals surface area contributed by atoms with E-state index in [0.717, 1.165) is 46.9 Å². The van der Waals surface area contributed by atoms with E-state index in [1.165, 1.54) is 18.2 Å². The zero-order valence-corrected chi connectivity index (χ0v) is 17.4. The molecule has 1 aliphatic rings. The Hall–Kier alpha value is -2.62. The molecule has 0 N–H and O–H groups in total. The van der Waals surface area contributed by atoms with Crippen molar-refractivity contribution in [2.75, 3.05) is 27.3 Å². The largest absolute Gasteiger partial charge is 0.497 e. The Balaban J connectivity index is 0.000000461. The molecule has 1 aromatic heterocycles. The first-order valence-electron chi connectivity index (χ1n) is 9.24. The minimum atomic E-state index is -4.94. The Morgan fingerprint density at radius 2 is 1.40 bits per heavy atom. The second-order valence-electron chi connectivity index (χ2n) is 6.66. The third-order valence-corrected chi connectivity index (χ3v) is 4.77. The second kappa shape index (κ2) is 9.46. The molecular formula is C21H22ClNO7. The van der Waals surface area contributed by atoms with Gasteiger partial charge in [0.15, 0.2) is 0 Å². The maximum absolute atomic E-state index is 8.49. The molecule has 0 bridgehead atoms. The first-order chi connectivity index (χ1) is 14.3. The molecule has 1 saturated heterocycles. The van der Waals surface area contributed by atoms with Crippen molar-refractivity contribution in [2.45, 2.75) is 12.8 Å². The summed E-state index contributed by atoms with van der Waals surface area (Å²) in [6, 6.07) is 16.1. The maximum atomic E-state index is 8.49. The number of benzene rings is 2. The Morgan fingerprint density at radius 3 is 1.97 bits per heavy atom. The van der Waals surface area contributed by atoms with Gasteiger partial charge in [-0.2, -0.15) is 0 Å². The van der Waals surface area contributed by atoms with Crippen LogP contribution in [0.15, 0.2) is 52.9 Å². The van der Waals surface area contributed by atoms with Crippen molar-refractivity contribution in [1.82, 2.24) is 4.58 Å². The molecule has 0 saturated carbocycles. The highest BCUT2D eigenvalue weighted by molar-refractivity contribution is 5.80. The highest BCUT2D eigenvalue weighted by atomic mass is 35.7. The number of hydrogen-bond donors (Lipinski definition) is 0. The van der Waals surface area contributed by atoms with Crippen LogP contribution in [0.25, 0.3) is 22.3 Å². The molecule has 0 aliphatic carbocycles. The summed E-state index contributed by atoms with van der Waals surface area (Å²) in [6.45, 7) is 2.16. The van der Waals surface area contributed by atoms with Gasteiger partial charge in [-0.1, -0.05) is 0 Å². The van der Waals surface area contributed by atoms with Crippen molar-refractivity contribution in [3.63, 3.8) is 0 Å². The Morgan fingerprint density at radius 1 is 0.833 bits per heavy atom. The Kier molecular flexibility index (Phi) is 6.96. The van der Waals surface area contributed by atoms with Crippen molar-refractivity contribution in [1.29, 1.82) is 0 Å². The van der Waals surface area contributed by atoms with Crippen LogP contribution in [0, 0.1) is 10.2 Å². The lowest BCUT2D eigenvalue weighted by Crippen LogP contribution is -2.68. The van der Waals surface area contributed by atoms with E-state index in [1.807, 2.05) is 36.4 Å². The van der Waals surface area contributed by atoms with Crippen molar-refractivity contribution in [3.05, 3.63) is 53.9 Å². The monoisotopic (exact) mass is 435 g/mol. The number of hydrogen-bond acceptors (Lipinski definition) is 7. The van der Waals surface area contributed by atoms with Gasteiger partial charge >= 0.3 is 0 Å². The molecule has 2 aromatic carbocycles. The quantitative estimate of drug-likeness (QED) is 0.479. The van der Waals surface area contributed by atoms with Crippen LogP contribution in [-0.4, -0.2) is 27.3 Å². The predicted molar refractivity (Wildman–Crippen MR) is 99.0 cm³/mol. The summed E-state index contributed by atoms with van der Waals surface area (Å²) in [5.41, 5.74) is 1.91. The smallest absolute Gasteiger partial charge is 0.214 e. The van der Waals surface area contributed by atoms with Crippen molar-refractivity contribution in [3.8, 4) is 22.8 Å². The first-order valence-corrected chi connectivity index (χ1v) is 10.5. The van der Waals surface area contributed by atoms with E-state index < -0.39 is 10.2 Å². The second-order valence-corrected chi connectivity index (χ2v) is 7.41. The zero-order chi connectivity index (χ0) is 21.7. The summed E-state index contributed by atoms with van der Waals surface area (Å²) in [4.78, 5) is 0. The average Bonchev–Trinajstić information content (AvgIpc) is 3.26. The highest BCUT2D eigenvalue weighted by Gasteiger charge is 2.18. The Labute approximate surface area is 175 Å². The molecule has 160 valence electrons. The van der Waals surface area contributed by atoms with Gasteiger partial charge in [-0.3, -0.25) is 0 Å². The normalized spacial score (nSPS) is 13.7. The van der Waals surface area contributed by atoms with Gasteiger partial charge in [0.25, 0.3) is 0 Å². The molecule has 0 spiro atoms. The molecule has 1 fully saturated rings. The first kappa shape index (κ1) is 22.1. The molecule has 9 heteroatoms. The van der Waals surface area contributed by atoms with E-state index in [0.29, 0.717) is 0 Å². The van der Waals surface area contributed by atoms with Crippen LogP contribution >= 0.6 is 0 Å². The number of nitrogens with zero attached hydrogens (tertiary/aromatic N) is 1. The molecule has 4 rings (SSSR count). The summed E-state index contributed by atoms with van der Waals surface area (Å²) in [6.07, 6.45) is 2.46. The van der Waals surface area contributed by atoms with Crippen LogP contribution in [0.3, 0.4) is 0 Å². The fourth-order valence-electron chi connectivity index (χ4n) is 3.39. The standard InChI is InChI=1S/C21H22NO3.ClHO4/c1-23-16-7-5-15(6-8-16)21-14-19(22-11-3-4-12-22)18-13-17(24-2)9-10-20(18)25-21;2-1(3,4)5/h5-10,13-14H,3-4,11-12H2,1-2H3;(H,2,3,4,5)/q+1;/p-1. The molecule has 30 heavy (non-hydrogen) atoms. The SMILES string of the molecule is COc1ccc(-c2cc(=[N+]3CCCC3)c3cc(OC)ccc3o2)cc1.[O-][Cl+3]([O-])([O-])[O-]. The molecule has 8 nitrogen and oxygen atoms in total. The van der Waals surface area contributed by atoms with Gasteiger partial charge in [0.1, 0.15) is 35.9 Å². The topological polar surface area (TPSA) is 127 Å². The van der Waals surface area contributed by atoms with E-state index in [-0.39, 0.29) is 0 Å². The van der Waals surface area contributed by atoms with E-state index in [1.54, 1.807) is 14.2 Å². The van der Waals surface area contributed by atoms with Gasteiger partial charge in [-0.05, 0) is 42.5 Å². The lowest BCUT2D eigenvalue weighted by molar-refractivity contribution is -2.00. The third-order valence-electron chi connectivity index (χ3n) is 4.77. The molecular weight excluding hydrogens is 414 g/mol. The lowest BCUT2D eigenvalue weighted by Gasteiger charge is -2.17. The molecule has 0 radical (unpaired) electrons. The van der Waals surface area contributed by atoms with Gasteiger partial charge < -0.3 is 13.9 Å². The molecule has 0 atom stereocenters. The fraction of sp³-hybridized carbons (Fsp3) is 0.286. The van der Waals surface area contributed by atoms with Crippen LogP contribution in [-0.2, 0) is 0 Å². The maximum Gasteiger partial charge on any atom is 0.214 e. The van der Waals surface area contributed by atoms with Gasteiger partial charge in [-0.25, -0.2) is 23.2 Å². The summed E-state index contributed by atoms with van der Waals surface area (Å²) >= 11 is 0. The molecule has 3 aromatic rings. The summed E-state index contributed by atoms with van der Waals surface area (Å²) in [5, 5.41) is 2.31. The zero-order valence-electron chi connectivity index (χ0n) is 16.6. The summed E-state index contributed by atoms with van der Waals surface area (Å²) < 4.78 is 53.3. The van der Waals surface area contributed by atoms with Crippen LogP contribution in [0.1, 0.15) is 12.8 Å². The highest BCUT2D eigenvalue weighted by Crippen LogP contribution is 2.26. The lowest BCUT2D eigenvalue weighted by atomic mass is 10.1. The van der Waals surface area contributed by atoms with Crippen LogP contribution in [0.4, 0.5) is 0 Å². The van der Waals surface area contributed by atoms with E-state index in [9.17, 15) is 0 Å². The van der Waals surface area contributed by atoms with Gasteiger partial charge in [0.05, 0.1) is 25.7 Å². The molecule has 0 amide bonds. The number of methoxy groups -OCH3 is 2. The number of ether oxygens (including phenoxy) is 2. The fourth-order valence-corrected chi connectivity index (χ4v) is 3.39. The van der Waals surface area contributed by atoms with Crippen molar-refractivity contribution < 1.29 is 42.8 Å². The van der Waals surface area contributed by atoms with E-state index in [2.05, 4.69) is 16.7 Å². The molecule has 1 aliphatic heterocycles. The van der Waals surface area contributed by atoms with Crippen LogP contribution in [0.5, 0.6) is 11.5 Å². The summed E-state index contributed by atoms with van der Waals surface area (Å²) in [5.74, 6) is 2.55. The van der Waals surface area contributed by atoms with Crippen LogP contribution < -0.4 is 38.0 Å². The molecule has 0 unspecified atom stereocenters. The minimum absolute atomic E-state index is 0.842. The number of rotatable bonds is 3. The Bertz CT molecular complexity index is 1060. The third kappa shape index (κ3) is 5.71. The average molecular weight is 436 g/mol. The van der Waals surface area contributed by atoms with Crippen LogP contribution in [0.2, 0.25) is 0 Å². The van der Waals surface area contributed by atoms with Gasteiger partial charge in [0.2, 0.25) is 5.36 Å². The van der Waals surface area contributed by atoms with E-state index in [4.69, 9.17) is 32.5 Å². The number of halogens is 1. The van der Waals surface area contributed by atoms with E-state index >= 15 is 0 Å². The predicted octanol–water partition coefficient (Wildman–Crippen LogP) is -1.07. The van der Waals surface area contributed by atoms with Crippen molar-refractivity contribution in [2.24, 2.45) is 0 Å².